The van der Waals surface area contributed by atoms with Crippen molar-refractivity contribution in [2.45, 2.75) is 32.6 Å². The van der Waals surface area contributed by atoms with Crippen molar-refractivity contribution in [3.63, 3.8) is 0 Å². The molecule has 0 aliphatic carbocycles. The Hall–Kier alpha value is -0.490. The van der Waals surface area contributed by atoms with E-state index >= 15 is 0 Å². The van der Waals surface area contributed by atoms with Crippen molar-refractivity contribution < 1.29 is 0 Å². The Balaban J connectivity index is 2.92. The quantitative estimate of drug-likeness (QED) is 0.681. The first-order chi connectivity index (χ1) is 6.10. The molecule has 1 radical (unpaired) electrons. The highest BCUT2D eigenvalue weighted by Crippen LogP contribution is 2.26. The third-order valence-electron chi connectivity index (χ3n) is 2.70. The summed E-state index contributed by atoms with van der Waals surface area (Å²) in [6, 6.07) is 8.41. The summed E-state index contributed by atoms with van der Waals surface area (Å²) in [5, 5.41) is 0. The van der Waals surface area contributed by atoms with Gasteiger partial charge in [0.1, 0.15) is 0 Å². The molecule has 0 amide bonds. The summed E-state index contributed by atoms with van der Waals surface area (Å²) < 4.78 is 0. The molecule has 0 aliphatic heterocycles. The van der Waals surface area contributed by atoms with Gasteiger partial charge in [-0.1, -0.05) is 45.0 Å². The maximum absolute atomic E-state index is 5.60. The van der Waals surface area contributed by atoms with Gasteiger partial charge in [0, 0.05) is 0 Å². The highest BCUT2D eigenvalue weighted by atomic mass is 35.5. The Bertz CT molecular complexity index is 259. The van der Waals surface area contributed by atoms with E-state index in [-0.39, 0.29) is 5.41 Å². The summed E-state index contributed by atoms with van der Waals surface area (Å²) in [5.74, 6) is 1.60. The topological polar surface area (TPSA) is 0 Å². The Labute approximate surface area is 85.9 Å². The normalized spacial score (nSPS) is 11.7. The van der Waals surface area contributed by atoms with E-state index in [0.29, 0.717) is 0 Å². The zero-order chi connectivity index (χ0) is 9.90. The molecule has 1 aromatic carbocycles. The molecule has 0 spiro atoms. The summed E-state index contributed by atoms with van der Waals surface area (Å²) in [5.41, 5.74) is 2.71. The second-order valence-electron chi connectivity index (χ2n) is 3.97. The summed E-state index contributed by atoms with van der Waals surface area (Å²) in [6.07, 6.45) is 1.15. The van der Waals surface area contributed by atoms with Crippen molar-refractivity contribution in [1.29, 1.82) is 0 Å². The number of halogens is 1. The average molecular weight is 196 g/mol. The molecule has 0 aromatic heterocycles. The van der Waals surface area contributed by atoms with Gasteiger partial charge in [-0.2, -0.15) is 0 Å². The number of benzene rings is 1. The molecule has 1 rings (SSSR count). The van der Waals surface area contributed by atoms with Crippen LogP contribution in [0, 0.1) is 5.88 Å². The molecule has 0 heterocycles. The van der Waals surface area contributed by atoms with Gasteiger partial charge in [0.2, 0.25) is 0 Å². The zero-order valence-electron chi connectivity index (χ0n) is 8.47. The second kappa shape index (κ2) is 4.15. The average Bonchev–Trinajstić information content (AvgIpc) is 2.18. The summed E-state index contributed by atoms with van der Waals surface area (Å²) in [6.45, 7) is 6.72. The third-order valence-corrected chi connectivity index (χ3v) is 2.95. The van der Waals surface area contributed by atoms with Crippen LogP contribution in [0.4, 0.5) is 0 Å². The van der Waals surface area contributed by atoms with Gasteiger partial charge < -0.3 is 0 Å². The van der Waals surface area contributed by atoms with Gasteiger partial charge >= 0.3 is 0 Å². The van der Waals surface area contributed by atoms with Crippen LogP contribution in [0.2, 0.25) is 0 Å². The molecule has 0 fully saturated rings. The molecule has 0 bridgehead atoms. The lowest BCUT2D eigenvalue weighted by molar-refractivity contribution is 0.506. The SMILES string of the molecule is CCC(C)(C)c1ccc([CH]Cl)cc1. The third kappa shape index (κ3) is 2.47. The number of hydrogen-bond acceptors (Lipinski definition) is 0. The second-order valence-corrected chi connectivity index (χ2v) is 4.19. The summed E-state index contributed by atoms with van der Waals surface area (Å²) in [4.78, 5) is 0. The van der Waals surface area contributed by atoms with E-state index in [1.165, 1.54) is 5.56 Å². The van der Waals surface area contributed by atoms with Crippen LogP contribution in [0.1, 0.15) is 38.3 Å². The van der Waals surface area contributed by atoms with Gasteiger partial charge in [0.25, 0.3) is 0 Å². The lowest BCUT2D eigenvalue weighted by Crippen LogP contribution is -2.14. The Morgan fingerprint density at radius 3 is 2.15 bits per heavy atom. The van der Waals surface area contributed by atoms with Crippen LogP contribution < -0.4 is 0 Å². The van der Waals surface area contributed by atoms with Crippen LogP contribution in [0.15, 0.2) is 24.3 Å². The molecule has 0 saturated heterocycles. The van der Waals surface area contributed by atoms with Gasteiger partial charge in [-0.05, 0) is 23.0 Å². The predicted molar refractivity (Wildman–Crippen MR) is 59.0 cm³/mol. The smallest absolute Gasteiger partial charge is 0.0790 e. The van der Waals surface area contributed by atoms with Crippen molar-refractivity contribution in [3.05, 3.63) is 41.3 Å². The largest absolute Gasteiger partial charge is 0.116 e. The van der Waals surface area contributed by atoms with E-state index in [4.69, 9.17) is 11.6 Å². The van der Waals surface area contributed by atoms with Crippen LogP contribution in [0.5, 0.6) is 0 Å². The van der Waals surface area contributed by atoms with Gasteiger partial charge in [0.05, 0.1) is 5.88 Å². The van der Waals surface area contributed by atoms with E-state index in [9.17, 15) is 0 Å². The minimum atomic E-state index is 0.269. The predicted octanol–water partition coefficient (Wildman–Crippen LogP) is 4.12. The highest BCUT2D eigenvalue weighted by Gasteiger charge is 2.17. The first kappa shape index (κ1) is 10.6. The molecule has 0 nitrogen and oxygen atoms in total. The monoisotopic (exact) mass is 195 g/mol. The Morgan fingerprint density at radius 1 is 1.23 bits per heavy atom. The standard InChI is InChI=1S/C12H16Cl/c1-4-12(2,3)11-7-5-10(9-13)6-8-11/h5-9H,4H2,1-3H3. The zero-order valence-corrected chi connectivity index (χ0v) is 9.23. The molecule has 1 heteroatoms. The van der Waals surface area contributed by atoms with E-state index in [1.807, 2.05) is 0 Å². The van der Waals surface area contributed by atoms with E-state index in [2.05, 4.69) is 45.0 Å². The maximum atomic E-state index is 5.60. The fourth-order valence-electron chi connectivity index (χ4n) is 1.21. The molecule has 13 heavy (non-hydrogen) atoms. The van der Waals surface area contributed by atoms with E-state index in [0.717, 1.165) is 12.0 Å². The fraction of sp³-hybridized carbons (Fsp3) is 0.417. The molecule has 0 unspecified atom stereocenters. The van der Waals surface area contributed by atoms with Crippen LogP contribution >= 0.6 is 11.6 Å². The maximum Gasteiger partial charge on any atom is 0.0790 e. The van der Waals surface area contributed by atoms with Crippen LogP contribution in [0.3, 0.4) is 0 Å². The molecule has 1 aromatic rings. The first-order valence-corrected chi connectivity index (χ1v) is 5.08. The number of rotatable bonds is 3. The molecule has 0 aliphatic rings. The first-order valence-electron chi connectivity index (χ1n) is 4.64. The molecular formula is C12H16Cl. The lowest BCUT2D eigenvalue weighted by atomic mass is 9.82. The van der Waals surface area contributed by atoms with Crippen molar-refractivity contribution in [2.24, 2.45) is 0 Å². The van der Waals surface area contributed by atoms with Gasteiger partial charge in [-0.15, -0.1) is 11.6 Å². The van der Waals surface area contributed by atoms with Crippen molar-refractivity contribution >= 4 is 11.6 Å². The van der Waals surface area contributed by atoms with Crippen molar-refractivity contribution in [3.8, 4) is 0 Å². The lowest BCUT2D eigenvalue weighted by Gasteiger charge is -2.23. The van der Waals surface area contributed by atoms with E-state index in [1.54, 1.807) is 5.88 Å². The fourth-order valence-corrected chi connectivity index (χ4v) is 1.36. The molecule has 0 atom stereocenters. The molecular weight excluding hydrogens is 180 g/mol. The van der Waals surface area contributed by atoms with Gasteiger partial charge in [-0.3, -0.25) is 0 Å². The van der Waals surface area contributed by atoms with E-state index < -0.39 is 0 Å². The minimum absolute atomic E-state index is 0.269. The van der Waals surface area contributed by atoms with Gasteiger partial charge in [-0.25, -0.2) is 0 Å². The Kier molecular flexibility index (Phi) is 3.38. The summed E-state index contributed by atoms with van der Waals surface area (Å²) in [7, 11) is 0. The minimum Gasteiger partial charge on any atom is -0.116 e. The van der Waals surface area contributed by atoms with Crippen LogP contribution in [0.25, 0.3) is 0 Å². The Morgan fingerprint density at radius 2 is 1.77 bits per heavy atom. The summed E-state index contributed by atoms with van der Waals surface area (Å²) >= 11 is 5.60. The van der Waals surface area contributed by atoms with Crippen LogP contribution in [-0.4, -0.2) is 0 Å². The van der Waals surface area contributed by atoms with Crippen molar-refractivity contribution in [1.82, 2.24) is 0 Å². The molecule has 71 valence electrons. The van der Waals surface area contributed by atoms with Crippen molar-refractivity contribution in [2.75, 3.05) is 0 Å². The molecule has 0 N–H and O–H groups in total. The highest BCUT2D eigenvalue weighted by molar-refractivity contribution is 6.25. The van der Waals surface area contributed by atoms with Crippen LogP contribution in [-0.2, 0) is 5.41 Å². The molecule has 0 saturated carbocycles. The number of hydrogen-bond donors (Lipinski definition) is 0. The van der Waals surface area contributed by atoms with Gasteiger partial charge in [0.15, 0.2) is 0 Å².